The number of hydrogen-bond acceptors (Lipinski definition) is 0. The molecule has 0 aromatic heterocycles. The van der Waals surface area contributed by atoms with Crippen molar-refractivity contribution >= 4 is 0 Å². The Morgan fingerprint density at radius 3 is 0.838 bits per heavy atom. The summed E-state index contributed by atoms with van der Waals surface area (Å²) in [5.41, 5.74) is 25.6. The van der Waals surface area contributed by atoms with Crippen LogP contribution < -0.4 is 0 Å². The highest BCUT2D eigenvalue weighted by molar-refractivity contribution is 5.90. The van der Waals surface area contributed by atoms with Crippen molar-refractivity contribution in [1.29, 1.82) is 0 Å². The van der Waals surface area contributed by atoms with E-state index in [2.05, 4.69) is 270 Å². The van der Waals surface area contributed by atoms with E-state index in [4.69, 9.17) is 0 Å². The van der Waals surface area contributed by atoms with E-state index in [9.17, 15) is 0 Å². The van der Waals surface area contributed by atoms with Crippen LogP contribution in [0.25, 0.3) is 55.6 Å². The van der Waals surface area contributed by atoms with Gasteiger partial charge >= 0.3 is 0 Å². The van der Waals surface area contributed by atoms with Gasteiger partial charge in [0, 0.05) is 22.7 Å². The lowest BCUT2D eigenvalue weighted by Crippen LogP contribution is -2.30. The van der Waals surface area contributed by atoms with Gasteiger partial charge in [0.2, 0.25) is 0 Å². The van der Waals surface area contributed by atoms with Crippen LogP contribution >= 0.6 is 0 Å². The summed E-state index contributed by atoms with van der Waals surface area (Å²) in [5.74, 6) is 0.00227. The average Bonchev–Trinajstić information content (AvgIpc) is 3.39. The summed E-state index contributed by atoms with van der Waals surface area (Å²) < 4.78 is 0. The van der Waals surface area contributed by atoms with E-state index >= 15 is 0 Å². The third-order valence-corrected chi connectivity index (χ3v) is 15.4. The molecule has 2 aliphatic carbocycles. The minimum absolute atomic E-state index is 0.00114. The maximum absolute atomic E-state index is 2.50. The Balaban J connectivity index is 1.18. The molecule has 0 fully saturated rings. The van der Waals surface area contributed by atoms with Gasteiger partial charge in [-0.1, -0.05) is 252 Å². The molecule has 0 unspecified atom stereocenters. The van der Waals surface area contributed by atoms with E-state index < -0.39 is 0 Å². The molecule has 0 N–H and O–H groups in total. The second kappa shape index (κ2) is 16.5. The van der Waals surface area contributed by atoms with E-state index in [-0.39, 0.29) is 22.7 Å². The first kappa shape index (κ1) is 41.6. The predicted octanol–water partition coefficient (Wildman–Crippen LogP) is 17.7. The molecule has 0 radical (unpaired) electrons. The molecule has 0 saturated heterocycles. The van der Waals surface area contributed by atoms with Gasteiger partial charge < -0.3 is 0 Å². The van der Waals surface area contributed by atoms with Crippen LogP contribution in [0.1, 0.15) is 95.2 Å². The van der Waals surface area contributed by atoms with E-state index in [1.165, 1.54) is 111 Å². The zero-order valence-electron chi connectivity index (χ0n) is 39.2. The van der Waals surface area contributed by atoms with E-state index in [1.807, 2.05) is 0 Å². The van der Waals surface area contributed by atoms with Crippen LogP contribution in [0.15, 0.2) is 243 Å². The molecule has 0 amide bonds. The molecule has 10 aromatic rings. The smallest absolute Gasteiger partial charge is 0.0358 e. The molecule has 0 saturated carbocycles. The molecule has 12 rings (SSSR count). The summed E-state index contributed by atoms with van der Waals surface area (Å²) in [7, 11) is 0. The lowest BCUT2D eigenvalue weighted by molar-refractivity contribution is 0.598. The highest BCUT2D eigenvalue weighted by Gasteiger charge is 2.41. The largest absolute Gasteiger partial charge is 0.0622 e. The fourth-order valence-electron chi connectivity index (χ4n) is 12.2. The van der Waals surface area contributed by atoms with Crippen molar-refractivity contribution in [3.63, 3.8) is 0 Å². The summed E-state index contributed by atoms with van der Waals surface area (Å²) in [6.45, 7) is 9.58. The third-order valence-electron chi connectivity index (χ3n) is 15.4. The number of hydrogen-bond donors (Lipinski definition) is 0. The summed E-state index contributed by atoms with van der Waals surface area (Å²) in [6.07, 6.45) is 0. The fraction of sp³-hybridized carbons (Fsp3) is 0.118. The molecule has 0 heterocycles. The normalized spacial score (nSPS) is 14.6. The van der Waals surface area contributed by atoms with Gasteiger partial charge in [-0.15, -0.1) is 0 Å². The molecule has 0 aliphatic heterocycles. The molecule has 0 atom stereocenters. The average molecular weight is 871 g/mol. The topological polar surface area (TPSA) is 0 Å². The van der Waals surface area contributed by atoms with Gasteiger partial charge in [-0.2, -0.15) is 0 Å². The summed E-state index contributed by atoms with van der Waals surface area (Å²) in [6, 6.07) is 91.3. The Bertz CT molecular complexity index is 3190. The minimum atomic E-state index is -0.155. The van der Waals surface area contributed by atoms with Crippen LogP contribution in [0.3, 0.4) is 0 Å². The molecule has 0 heteroatoms. The third kappa shape index (κ3) is 6.73. The van der Waals surface area contributed by atoms with Crippen LogP contribution in [-0.4, -0.2) is 0 Å². The summed E-state index contributed by atoms with van der Waals surface area (Å²) in [4.78, 5) is 0. The molecule has 0 nitrogen and oxygen atoms in total. The van der Waals surface area contributed by atoms with Crippen LogP contribution in [0.5, 0.6) is 0 Å². The zero-order valence-corrected chi connectivity index (χ0v) is 39.2. The Kier molecular flexibility index (Phi) is 10.1. The second-order valence-electron chi connectivity index (χ2n) is 19.9. The molecular weight excluding hydrogens is 817 g/mol. The Hall–Kier alpha value is -7.80. The van der Waals surface area contributed by atoms with Crippen LogP contribution in [0, 0.1) is 0 Å². The van der Waals surface area contributed by atoms with E-state index in [0.29, 0.717) is 0 Å². The first-order valence-corrected chi connectivity index (χ1v) is 24.2. The second-order valence-corrected chi connectivity index (χ2v) is 19.9. The number of rotatable bonds is 7. The molecule has 0 bridgehead atoms. The maximum Gasteiger partial charge on any atom is 0.0358 e. The van der Waals surface area contributed by atoms with Crippen LogP contribution in [-0.2, 0) is 10.8 Å². The zero-order chi connectivity index (χ0) is 46.0. The van der Waals surface area contributed by atoms with Gasteiger partial charge in [-0.05, 0) is 129 Å². The van der Waals surface area contributed by atoms with Crippen molar-refractivity contribution in [2.24, 2.45) is 0 Å². The van der Waals surface area contributed by atoms with Gasteiger partial charge in [0.05, 0.1) is 0 Å². The van der Waals surface area contributed by atoms with Gasteiger partial charge in [0.15, 0.2) is 0 Å². The molecule has 10 aromatic carbocycles. The minimum Gasteiger partial charge on any atom is -0.0622 e. The van der Waals surface area contributed by atoms with Gasteiger partial charge in [0.25, 0.3) is 0 Å². The first-order valence-electron chi connectivity index (χ1n) is 24.2. The highest BCUT2D eigenvalue weighted by Crippen LogP contribution is 2.55. The van der Waals surface area contributed by atoms with Crippen molar-refractivity contribution in [2.75, 3.05) is 0 Å². The first-order chi connectivity index (χ1) is 33.3. The molecule has 68 heavy (non-hydrogen) atoms. The van der Waals surface area contributed by atoms with Gasteiger partial charge in [-0.3, -0.25) is 0 Å². The lowest BCUT2D eigenvalue weighted by atomic mass is 9.62. The van der Waals surface area contributed by atoms with Gasteiger partial charge in [-0.25, -0.2) is 0 Å². The number of benzene rings is 10. The molecule has 2 aliphatic rings. The van der Waals surface area contributed by atoms with Crippen molar-refractivity contribution in [2.45, 2.75) is 50.4 Å². The summed E-state index contributed by atoms with van der Waals surface area (Å²) in [5, 5.41) is 0. The standard InChI is InChI=1S/C68H54/c1-67(2)59-38-18-14-30-55(59)65(56-31-15-19-39-60(56)67)63-51(46-26-10-6-11-27-46)34-22-36-53(63)49-42-48(45-24-8-5-9-25-45)43-50(44-49)54-37-23-35-52(47-28-12-7-13-29-47)64(54)66-57-32-16-20-40-61(57)68(3,4)62-41-21-17-33-58(62)66/h5-44,65-66H,1-4H3. The predicted molar refractivity (Wildman–Crippen MR) is 286 cm³/mol. The van der Waals surface area contributed by atoms with Crippen molar-refractivity contribution in [3.05, 3.63) is 298 Å². The molecular formula is C68H54. The van der Waals surface area contributed by atoms with Crippen molar-refractivity contribution in [3.8, 4) is 55.6 Å². The fourth-order valence-corrected chi connectivity index (χ4v) is 12.2. The van der Waals surface area contributed by atoms with Crippen LogP contribution in [0.2, 0.25) is 0 Å². The highest BCUT2D eigenvalue weighted by atomic mass is 14.4. The van der Waals surface area contributed by atoms with Gasteiger partial charge in [0.1, 0.15) is 0 Å². The van der Waals surface area contributed by atoms with Crippen molar-refractivity contribution < 1.29 is 0 Å². The van der Waals surface area contributed by atoms with Crippen molar-refractivity contribution in [1.82, 2.24) is 0 Å². The molecule has 326 valence electrons. The summed E-state index contributed by atoms with van der Waals surface area (Å²) >= 11 is 0. The number of fused-ring (bicyclic) bond motifs is 4. The quantitative estimate of drug-likeness (QED) is 0.150. The van der Waals surface area contributed by atoms with E-state index in [0.717, 1.165) is 0 Å². The Labute approximate surface area is 402 Å². The van der Waals surface area contributed by atoms with E-state index in [1.54, 1.807) is 0 Å². The Morgan fingerprint density at radius 1 is 0.235 bits per heavy atom. The lowest BCUT2D eigenvalue weighted by Gasteiger charge is -2.41. The van der Waals surface area contributed by atoms with Crippen LogP contribution in [0.4, 0.5) is 0 Å². The maximum atomic E-state index is 2.50. The SMILES string of the molecule is CC1(C)c2ccccc2C(c2c(-c3ccccc3)cccc2-c2cc(-c3ccccc3)cc(-c3cccc(-c4ccccc4)c3C3c4ccccc4C(C)(C)c4ccccc43)c2)c2ccccc21. The monoisotopic (exact) mass is 870 g/mol. The Morgan fingerprint density at radius 2 is 0.500 bits per heavy atom. The molecule has 0 spiro atoms.